The summed E-state index contributed by atoms with van der Waals surface area (Å²) in [5.41, 5.74) is 6.26. The van der Waals surface area contributed by atoms with Crippen LogP contribution in [0.4, 0.5) is 16.3 Å². The number of hydrogen-bond donors (Lipinski definition) is 1. The van der Waals surface area contributed by atoms with Gasteiger partial charge in [-0.3, -0.25) is 9.78 Å². The van der Waals surface area contributed by atoms with E-state index in [4.69, 9.17) is 10.5 Å². The van der Waals surface area contributed by atoms with Gasteiger partial charge in [0.05, 0.1) is 5.69 Å². The van der Waals surface area contributed by atoms with E-state index in [1.165, 1.54) is 17.4 Å². The smallest absolute Gasteiger partial charge is 0.410 e. The average Bonchev–Trinajstić information content (AvgIpc) is 3.10. The normalized spacial score (nSPS) is 14.9. The lowest BCUT2D eigenvalue weighted by Crippen LogP contribution is -2.50. The molecule has 4 rings (SSSR count). The fourth-order valence-electron chi connectivity index (χ4n) is 3.16. The molecule has 1 fully saturated rings. The highest BCUT2D eigenvalue weighted by atomic mass is 32.1. The van der Waals surface area contributed by atoms with Gasteiger partial charge < -0.3 is 20.3 Å². The molecule has 0 bridgehead atoms. The lowest BCUT2D eigenvalue weighted by atomic mass is 10.2. The molecule has 0 saturated carbocycles. The monoisotopic (exact) mass is 429 g/mol. The third-order valence-electron chi connectivity index (χ3n) is 4.50. The van der Waals surface area contributed by atoms with E-state index in [0.29, 0.717) is 47.7 Å². The van der Waals surface area contributed by atoms with Crippen LogP contribution in [0.1, 0.15) is 20.8 Å². The Hall–Kier alpha value is -3.21. The highest BCUT2D eigenvalue weighted by Crippen LogP contribution is 2.27. The van der Waals surface area contributed by atoms with Crippen molar-refractivity contribution in [2.45, 2.75) is 26.4 Å². The molecule has 3 aromatic heterocycles. The summed E-state index contributed by atoms with van der Waals surface area (Å²) in [5, 5.41) is 5.30. The van der Waals surface area contributed by atoms with E-state index in [-0.39, 0.29) is 11.7 Å². The van der Waals surface area contributed by atoms with E-state index in [1.54, 1.807) is 27.9 Å². The number of rotatable bonds is 2. The standard InChI is InChI=1S/C19H23N7O3S/c1-19(2,3)29-18(28)25-6-4-24(5-7-25)15-9-14(27)22-17-26(15)23-16(30-17)12-8-13(20)11-21-10-12/h8-11H,4-7,20H2,1-3H3. The number of carbonyl (C=O) groups is 1. The SMILES string of the molecule is CC(C)(C)OC(=O)N1CCN(c2cc(=O)nc3sc(-c4cncc(N)c4)nn23)CC1. The average molecular weight is 430 g/mol. The first-order chi connectivity index (χ1) is 14.2. The summed E-state index contributed by atoms with van der Waals surface area (Å²) in [6.45, 7) is 7.62. The van der Waals surface area contributed by atoms with Crippen molar-refractivity contribution in [1.82, 2.24) is 24.5 Å². The number of nitrogens with zero attached hydrogens (tertiary/aromatic N) is 6. The van der Waals surface area contributed by atoms with Crippen LogP contribution in [0.3, 0.4) is 0 Å². The molecule has 2 N–H and O–H groups in total. The third kappa shape index (κ3) is 4.20. The van der Waals surface area contributed by atoms with E-state index in [2.05, 4.69) is 15.1 Å². The summed E-state index contributed by atoms with van der Waals surface area (Å²) in [4.78, 5) is 36.9. The van der Waals surface area contributed by atoms with Crippen LogP contribution in [-0.4, -0.2) is 62.4 Å². The summed E-state index contributed by atoms with van der Waals surface area (Å²) < 4.78 is 7.11. The van der Waals surface area contributed by atoms with E-state index < -0.39 is 5.60 Å². The predicted molar refractivity (Wildman–Crippen MR) is 115 cm³/mol. The number of aromatic nitrogens is 4. The molecule has 4 heterocycles. The molecule has 10 nitrogen and oxygen atoms in total. The van der Waals surface area contributed by atoms with Crippen LogP contribution in [-0.2, 0) is 4.74 Å². The first-order valence-electron chi connectivity index (χ1n) is 9.54. The quantitative estimate of drug-likeness (QED) is 0.656. The maximum atomic E-state index is 12.3. The highest BCUT2D eigenvalue weighted by Gasteiger charge is 2.27. The second-order valence-corrected chi connectivity index (χ2v) is 8.97. The molecule has 0 atom stereocenters. The van der Waals surface area contributed by atoms with Crippen LogP contribution in [0, 0.1) is 0 Å². The summed E-state index contributed by atoms with van der Waals surface area (Å²) >= 11 is 1.30. The molecule has 1 amide bonds. The molecule has 3 aromatic rings. The Bertz CT molecular complexity index is 1140. The molecular weight excluding hydrogens is 406 g/mol. The lowest BCUT2D eigenvalue weighted by Gasteiger charge is -2.36. The summed E-state index contributed by atoms with van der Waals surface area (Å²) in [5.74, 6) is 0.646. The molecule has 30 heavy (non-hydrogen) atoms. The summed E-state index contributed by atoms with van der Waals surface area (Å²) in [7, 11) is 0. The highest BCUT2D eigenvalue weighted by molar-refractivity contribution is 7.19. The second-order valence-electron chi connectivity index (χ2n) is 8.02. The molecule has 1 aliphatic heterocycles. The maximum Gasteiger partial charge on any atom is 0.410 e. The number of pyridine rings is 1. The molecule has 0 radical (unpaired) electrons. The number of piperazine rings is 1. The van der Waals surface area contributed by atoms with Crippen molar-refractivity contribution < 1.29 is 9.53 Å². The van der Waals surface area contributed by atoms with Crippen LogP contribution in [0.2, 0.25) is 0 Å². The zero-order valence-electron chi connectivity index (χ0n) is 17.0. The molecule has 1 aliphatic rings. The third-order valence-corrected chi connectivity index (χ3v) is 5.45. The molecular formula is C19H23N7O3S. The number of carbonyl (C=O) groups excluding carboxylic acids is 1. The number of anilines is 2. The van der Waals surface area contributed by atoms with Gasteiger partial charge in [0.25, 0.3) is 5.56 Å². The molecule has 0 aliphatic carbocycles. The van der Waals surface area contributed by atoms with E-state index in [0.717, 1.165) is 5.56 Å². The molecule has 0 unspecified atom stereocenters. The van der Waals surface area contributed by atoms with Gasteiger partial charge in [0.1, 0.15) is 16.4 Å². The largest absolute Gasteiger partial charge is 0.444 e. The van der Waals surface area contributed by atoms with Crippen molar-refractivity contribution in [1.29, 1.82) is 0 Å². The van der Waals surface area contributed by atoms with Gasteiger partial charge in [0.15, 0.2) is 0 Å². The number of amides is 1. The van der Waals surface area contributed by atoms with Crippen molar-refractivity contribution in [2.24, 2.45) is 0 Å². The van der Waals surface area contributed by atoms with Gasteiger partial charge in [-0.1, -0.05) is 11.3 Å². The van der Waals surface area contributed by atoms with Gasteiger partial charge in [-0.05, 0) is 26.8 Å². The van der Waals surface area contributed by atoms with Crippen LogP contribution >= 0.6 is 11.3 Å². The van der Waals surface area contributed by atoms with Crippen molar-refractivity contribution in [2.75, 3.05) is 36.8 Å². The molecule has 11 heteroatoms. The lowest BCUT2D eigenvalue weighted by molar-refractivity contribution is 0.0240. The van der Waals surface area contributed by atoms with Gasteiger partial charge in [0, 0.05) is 50.2 Å². The Balaban J connectivity index is 1.59. The first-order valence-corrected chi connectivity index (χ1v) is 10.4. The zero-order valence-corrected chi connectivity index (χ0v) is 17.8. The fraction of sp³-hybridized carbons (Fsp3) is 0.421. The minimum Gasteiger partial charge on any atom is -0.444 e. The fourth-order valence-corrected chi connectivity index (χ4v) is 4.04. The molecule has 158 valence electrons. The number of fused-ring (bicyclic) bond motifs is 1. The van der Waals surface area contributed by atoms with Crippen molar-refractivity contribution >= 4 is 33.9 Å². The summed E-state index contributed by atoms with van der Waals surface area (Å²) in [6.07, 6.45) is 2.91. The van der Waals surface area contributed by atoms with Crippen LogP contribution in [0.15, 0.2) is 29.3 Å². The Morgan fingerprint density at radius 1 is 1.17 bits per heavy atom. The Labute approximate surface area is 176 Å². The zero-order chi connectivity index (χ0) is 21.5. The minimum absolute atomic E-state index is 0.329. The van der Waals surface area contributed by atoms with Crippen molar-refractivity contribution in [3.05, 3.63) is 34.9 Å². The van der Waals surface area contributed by atoms with Crippen molar-refractivity contribution in [3.63, 3.8) is 0 Å². The first kappa shape index (κ1) is 20.1. The predicted octanol–water partition coefficient (Wildman–Crippen LogP) is 1.85. The van der Waals surface area contributed by atoms with Gasteiger partial charge in [-0.15, -0.1) is 0 Å². The van der Waals surface area contributed by atoms with Crippen LogP contribution < -0.4 is 16.2 Å². The number of ether oxygens (including phenoxy) is 1. The van der Waals surface area contributed by atoms with Crippen molar-refractivity contribution in [3.8, 4) is 10.6 Å². The van der Waals surface area contributed by atoms with E-state index in [9.17, 15) is 9.59 Å². The molecule has 0 aromatic carbocycles. The maximum absolute atomic E-state index is 12.3. The topological polar surface area (TPSA) is 119 Å². The minimum atomic E-state index is -0.536. The second kappa shape index (κ2) is 7.56. The van der Waals surface area contributed by atoms with Gasteiger partial charge in [-0.25, -0.2) is 4.79 Å². The Morgan fingerprint density at radius 3 is 2.57 bits per heavy atom. The number of hydrogen-bond acceptors (Lipinski definition) is 9. The number of nitrogens with two attached hydrogens (primary N) is 1. The summed E-state index contributed by atoms with van der Waals surface area (Å²) in [6, 6.07) is 3.25. The van der Waals surface area contributed by atoms with Crippen LogP contribution in [0.5, 0.6) is 0 Å². The Morgan fingerprint density at radius 2 is 1.90 bits per heavy atom. The van der Waals surface area contributed by atoms with Crippen LogP contribution in [0.25, 0.3) is 15.5 Å². The Kier molecular flexibility index (Phi) is 5.06. The molecule has 0 spiro atoms. The van der Waals surface area contributed by atoms with Gasteiger partial charge in [-0.2, -0.15) is 14.6 Å². The van der Waals surface area contributed by atoms with E-state index in [1.807, 2.05) is 25.7 Å². The van der Waals surface area contributed by atoms with E-state index >= 15 is 0 Å². The van der Waals surface area contributed by atoms with Gasteiger partial charge in [0.2, 0.25) is 4.96 Å². The molecule has 1 saturated heterocycles. The van der Waals surface area contributed by atoms with Gasteiger partial charge >= 0.3 is 6.09 Å². The number of nitrogen functional groups attached to an aromatic ring is 1.